The Morgan fingerprint density at radius 2 is 0.474 bits per heavy atom. The molecule has 0 aliphatic heterocycles. The van der Waals surface area contributed by atoms with Crippen molar-refractivity contribution in [2.24, 2.45) is 0 Å². The molecule has 0 aliphatic rings. The van der Waals surface area contributed by atoms with Gasteiger partial charge < -0.3 is 0 Å². The fourth-order valence-electron chi connectivity index (χ4n) is 4.93. The Labute approximate surface area is 242 Å². The fourth-order valence-corrected chi connectivity index (χ4v) is 38.4. The van der Waals surface area contributed by atoms with Gasteiger partial charge in [0.1, 0.15) is 0 Å². The second-order valence-electron chi connectivity index (χ2n) is 9.17. The van der Waals surface area contributed by atoms with Crippen LogP contribution in [0.3, 0.4) is 0 Å². The van der Waals surface area contributed by atoms with Crippen molar-refractivity contribution in [2.75, 3.05) is 0 Å². The first-order chi connectivity index (χ1) is 18.9. The Balaban J connectivity index is 1.62. The molecule has 0 bridgehead atoms. The molecule has 6 rings (SSSR count). The van der Waals surface area contributed by atoms with Crippen LogP contribution in [-0.4, -0.2) is 36.0 Å². The molecule has 0 radical (unpaired) electrons. The van der Waals surface area contributed by atoms with Gasteiger partial charge in [-0.05, 0) is 0 Å². The summed E-state index contributed by atoms with van der Waals surface area (Å²) in [4.78, 5) is 0. The summed E-state index contributed by atoms with van der Waals surface area (Å²) in [6.45, 7) is 0. The zero-order chi connectivity index (χ0) is 25.6. The molecule has 0 N–H and O–H groups in total. The van der Waals surface area contributed by atoms with Crippen molar-refractivity contribution in [3.63, 3.8) is 0 Å². The van der Waals surface area contributed by atoms with Crippen LogP contribution in [0.1, 0.15) is 0 Å². The summed E-state index contributed by atoms with van der Waals surface area (Å²) in [5.74, 6) is 0. The average molecular weight is 873 g/mol. The zero-order valence-corrected chi connectivity index (χ0v) is 28.8. The maximum absolute atomic E-state index is 2.36. The van der Waals surface area contributed by atoms with Gasteiger partial charge in [0, 0.05) is 0 Å². The minimum atomic E-state index is -1.17. The first-order valence-electron chi connectivity index (χ1n) is 12.9. The van der Waals surface area contributed by atoms with Crippen molar-refractivity contribution in [3.8, 4) is 44.5 Å². The van der Waals surface area contributed by atoms with Gasteiger partial charge in [0.05, 0.1) is 0 Å². The molecule has 6 aromatic carbocycles. The van der Waals surface area contributed by atoms with Crippen molar-refractivity contribution < 1.29 is 0 Å². The maximum atomic E-state index is 2.36. The molecule has 0 heterocycles. The van der Waals surface area contributed by atoms with E-state index in [4.69, 9.17) is 0 Å². The molecule has 2 heteroatoms. The van der Waals surface area contributed by atoms with Crippen molar-refractivity contribution in [1.82, 2.24) is 0 Å². The first-order valence-corrected chi connectivity index (χ1v) is 35.8. The van der Waals surface area contributed by atoms with Crippen molar-refractivity contribution in [1.29, 1.82) is 0 Å². The second-order valence-corrected chi connectivity index (χ2v) is 32.1. The quantitative estimate of drug-likeness (QED) is 0.160. The number of rotatable bonds is 4. The molecular formula is C36H26Pb2. The van der Waals surface area contributed by atoms with E-state index in [0.717, 1.165) is 0 Å². The number of hydrogen-bond acceptors (Lipinski definition) is 0. The van der Waals surface area contributed by atoms with Crippen LogP contribution in [0.5, 0.6) is 0 Å². The van der Waals surface area contributed by atoms with Gasteiger partial charge in [0.2, 0.25) is 0 Å². The zero-order valence-electron chi connectivity index (χ0n) is 21.0. The SMILES string of the molecule is c1ccc(-c2cccc(-c3ccccc3)[c]2[Pb]#[Pb][c]2c(-c3ccccc3)cccc2-c2ccccc2)cc1. The van der Waals surface area contributed by atoms with E-state index in [9.17, 15) is 0 Å². The summed E-state index contributed by atoms with van der Waals surface area (Å²) < 4.78 is 3.35. The van der Waals surface area contributed by atoms with Gasteiger partial charge in [-0.2, -0.15) is 0 Å². The van der Waals surface area contributed by atoms with Crippen molar-refractivity contribution >= 4 is 42.3 Å². The standard InChI is InChI=1S/2C18H13.2Pb/c2*1-3-8-15(9-4-1)17-12-7-13-18(14-17)16-10-5-2-6-11-16;;/h2*1-13H;;. The van der Waals surface area contributed by atoms with Gasteiger partial charge in [-0.1, -0.05) is 0 Å². The molecule has 0 saturated heterocycles. The second kappa shape index (κ2) is 12.3. The van der Waals surface area contributed by atoms with E-state index in [1.54, 1.807) is 6.25 Å². The van der Waals surface area contributed by atoms with E-state index >= 15 is 0 Å². The predicted octanol–water partition coefficient (Wildman–Crippen LogP) is 7.63. The summed E-state index contributed by atoms with van der Waals surface area (Å²) in [6.07, 6.45) is 0. The van der Waals surface area contributed by atoms with Gasteiger partial charge >= 0.3 is 245 Å². The fraction of sp³-hybridized carbons (Fsp3) is 0. The van der Waals surface area contributed by atoms with E-state index in [0.29, 0.717) is 0 Å². The van der Waals surface area contributed by atoms with Crippen LogP contribution in [0.2, 0.25) is 0 Å². The Morgan fingerprint density at radius 1 is 0.237 bits per heavy atom. The van der Waals surface area contributed by atoms with Crippen LogP contribution >= 0.6 is 0 Å². The van der Waals surface area contributed by atoms with Crippen LogP contribution in [-0.2, 0) is 0 Å². The summed E-state index contributed by atoms with van der Waals surface area (Å²) in [7, 11) is 0. The van der Waals surface area contributed by atoms with E-state index in [1.165, 1.54) is 44.5 Å². The van der Waals surface area contributed by atoms with Crippen LogP contribution in [0, 0.1) is 0 Å². The third-order valence-electron chi connectivity index (χ3n) is 6.78. The molecule has 0 nitrogen and oxygen atoms in total. The van der Waals surface area contributed by atoms with Gasteiger partial charge in [-0.15, -0.1) is 0 Å². The molecule has 0 amide bonds. The Hall–Kier alpha value is -2.84. The van der Waals surface area contributed by atoms with Gasteiger partial charge in [-0.3, -0.25) is 0 Å². The molecule has 0 aliphatic carbocycles. The van der Waals surface area contributed by atoms with Crippen LogP contribution in [0.25, 0.3) is 44.5 Å². The van der Waals surface area contributed by atoms with E-state index in [2.05, 4.69) is 158 Å². The average Bonchev–Trinajstić information content (AvgIpc) is 3.01. The Bertz CT molecular complexity index is 1490. The topological polar surface area (TPSA) is 0 Å². The molecule has 0 fully saturated rings. The summed E-state index contributed by atoms with van der Waals surface area (Å²) in [6, 6.07) is 57.9. The Morgan fingerprint density at radius 3 is 0.711 bits per heavy atom. The van der Waals surface area contributed by atoms with E-state index in [-0.39, 0.29) is 0 Å². The molecule has 6 aromatic rings. The molecule has 0 atom stereocenters. The summed E-state index contributed by atoms with van der Waals surface area (Å²) in [5.41, 5.74) is 11.2. The Kier molecular flexibility index (Phi) is 8.27. The summed E-state index contributed by atoms with van der Waals surface area (Å²) in [5, 5.41) is 0. The molecule has 38 heavy (non-hydrogen) atoms. The van der Waals surface area contributed by atoms with Gasteiger partial charge in [-0.25, -0.2) is 0 Å². The van der Waals surface area contributed by atoms with Gasteiger partial charge in [0.25, 0.3) is 0 Å². The van der Waals surface area contributed by atoms with E-state index < -0.39 is 36.0 Å². The molecule has 178 valence electrons. The minimum absolute atomic E-state index is 1.17. The molecule has 0 unspecified atom stereocenters. The molecule has 0 spiro atoms. The number of hydrogen-bond donors (Lipinski definition) is 0. The normalized spacial score (nSPS) is 10.4. The van der Waals surface area contributed by atoms with Gasteiger partial charge in [0.15, 0.2) is 0 Å². The van der Waals surface area contributed by atoms with Crippen LogP contribution < -0.4 is 6.25 Å². The summed E-state index contributed by atoms with van der Waals surface area (Å²) >= 11 is -2.35. The predicted molar refractivity (Wildman–Crippen MR) is 165 cm³/mol. The van der Waals surface area contributed by atoms with Crippen molar-refractivity contribution in [2.45, 2.75) is 0 Å². The molecule has 0 aromatic heterocycles. The monoisotopic (exact) mass is 874 g/mol. The first kappa shape index (κ1) is 25.4. The van der Waals surface area contributed by atoms with Crippen LogP contribution in [0.4, 0.5) is 0 Å². The molecule has 0 saturated carbocycles. The third-order valence-corrected chi connectivity index (χ3v) is 34.7. The molecular weight excluding hydrogens is 847 g/mol. The van der Waals surface area contributed by atoms with Crippen LogP contribution in [0.15, 0.2) is 158 Å². The number of benzene rings is 6. The third kappa shape index (κ3) is 5.62. The van der Waals surface area contributed by atoms with Crippen molar-refractivity contribution in [3.05, 3.63) is 158 Å². The van der Waals surface area contributed by atoms with E-state index in [1.807, 2.05) is 0 Å².